The number of rotatable bonds is 4. The molecule has 0 spiro atoms. The fourth-order valence-electron chi connectivity index (χ4n) is 6.43. The highest BCUT2D eigenvalue weighted by atomic mass is 32.2. The standard InChI is InChI=1S/C23H22N4O3S2/c28-20-18(8-13-2-1-3-17(7-13)27(29)30)32-22(25-20)26-21-24-19(12-31-21)23-9-14-4-15(10-23)6-16(5-14)11-23/h1-3,7-8,12,14-16H,4-6,9-11H2,(H,24,25,26,28)/b18-8-. The molecule has 1 aromatic carbocycles. The number of carbonyl (C=O) groups excluding carboxylic acids is 1. The van der Waals surface area contributed by atoms with Crippen LogP contribution in [0.1, 0.15) is 49.8 Å². The summed E-state index contributed by atoms with van der Waals surface area (Å²) in [5.74, 6) is 2.34. The molecule has 164 valence electrons. The first-order valence-electron chi connectivity index (χ1n) is 11.0. The SMILES string of the molecule is O=C1N/C(=N/c2nc(C34CC5CC(CC(C5)C3)C4)cs2)S/C1=C\c1cccc([N+](=O)[O-])c1. The monoisotopic (exact) mass is 466 g/mol. The Balaban J connectivity index is 1.21. The number of nitro groups is 1. The largest absolute Gasteiger partial charge is 0.300 e. The van der Waals surface area contributed by atoms with Crippen LogP contribution in [-0.4, -0.2) is 21.0 Å². The summed E-state index contributed by atoms with van der Waals surface area (Å²) in [4.78, 5) is 32.9. The molecule has 4 aliphatic carbocycles. The summed E-state index contributed by atoms with van der Waals surface area (Å²) in [5, 5.41) is 17.1. The van der Waals surface area contributed by atoms with Gasteiger partial charge in [0.1, 0.15) is 0 Å². The Labute approximate surface area is 193 Å². The zero-order valence-corrected chi connectivity index (χ0v) is 19.0. The van der Waals surface area contributed by atoms with Crippen molar-refractivity contribution < 1.29 is 9.72 Å². The van der Waals surface area contributed by atoms with Gasteiger partial charge >= 0.3 is 0 Å². The molecule has 5 fully saturated rings. The number of nitrogens with one attached hydrogen (secondary N) is 1. The van der Waals surface area contributed by atoms with Crippen molar-refractivity contribution in [3.8, 4) is 0 Å². The number of thioether (sulfide) groups is 1. The Bertz CT molecular complexity index is 1150. The minimum absolute atomic E-state index is 0.00311. The van der Waals surface area contributed by atoms with Gasteiger partial charge in [0, 0.05) is 22.9 Å². The van der Waals surface area contributed by atoms with E-state index in [9.17, 15) is 14.9 Å². The first-order valence-corrected chi connectivity index (χ1v) is 12.7. The number of amidine groups is 1. The molecule has 4 bridgehead atoms. The third-order valence-electron chi connectivity index (χ3n) is 7.30. The average molecular weight is 467 g/mol. The van der Waals surface area contributed by atoms with Gasteiger partial charge in [0.25, 0.3) is 11.6 Å². The summed E-state index contributed by atoms with van der Waals surface area (Å²) in [6.07, 6.45) is 9.65. The van der Waals surface area contributed by atoms with Crippen LogP contribution in [0.4, 0.5) is 10.8 Å². The van der Waals surface area contributed by atoms with Crippen molar-refractivity contribution in [2.45, 2.75) is 43.9 Å². The van der Waals surface area contributed by atoms with E-state index in [1.807, 2.05) is 0 Å². The fourth-order valence-corrected chi connectivity index (χ4v) is 8.13. The maximum Gasteiger partial charge on any atom is 0.270 e. The molecule has 2 aromatic rings. The second-order valence-electron chi connectivity index (χ2n) is 9.55. The molecule has 1 aliphatic heterocycles. The summed E-state index contributed by atoms with van der Waals surface area (Å²) in [6.45, 7) is 0. The molecule has 1 N–H and O–H groups in total. The molecule has 1 saturated heterocycles. The molecule has 9 heteroatoms. The molecule has 5 aliphatic rings. The van der Waals surface area contributed by atoms with E-state index in [0.717, 1.165) is 17.8 Å². The number of non-ortho nitro benzene ring substituents is 1. The second-order valence-corrected chi connectivity index (χ2v) is 11.4. The van der Waals surface area contributed by atoms with Gasteiger partial charge in [-0.25, -0.2) is 4.98 Å². The van der Waals surface area contributed by atoms with Gasteiger partial charge in [-0.15, -0.1) is 11.3 Å². The maximum absolute atomic E-state index is 12.4. The van der Waals surface area contributed by atoms with E-state index in [-0.39, 0.29) is 17.0 Å². The van der Waals surface area contributed by atoms with Crippen LogP contribution in [0.2, 0.25) is 0 Å². The number of amides is 1. The minimum Gasteiger partial charge on any atom is -0.300 e. The normalized spacial score (nSPS) is 33.2. The highest BCUT2D eigenvalue weighted by Gasteiger charge is 2.52. The fraction of sp³-hybridized carbons (Fsp3) is 0.435. The van der Waals surface area contributed by atoms with Crippen LogP contribution in [0.25, 0.3) is 6.08 Å². The average Bonchev–Trinajstić information content (AvgIpc) is 3.34. The lowest BCUT2D eigenvalue weighted by molar-refractivity contribution is -0.384. The topological polar surface area (TPSA) is 97.5 Å². The minimum atomic E-state index is -0.444. The molecule has 4 saturated carbocycles. The van der Waals surface area contributed by atoms with Crippen molar-refractivity contribution in [1.82, 2.24) is 10.3 Å². The summed E-state index contributed by atoms with van der Waals surface area (Å²) in [5.41, 5.74) is 2.04. The van der Waals surface area contributed by atoms with Gasteiger partial charge in [0.15, 0.2) is 5.17 Å². The molecular formula is C23H22N4O3S2. The molecule has 1 aromatic heterocycles. The van der Waals surface area contributed by atoms with Crippen LogP contribution < -0.4 is 5.32 Å². The highest BCUT2D eigenvalue weighted by molar-refractivity contribution is 8.18. The molecule has 7 nitrogen and oxygen atoms in total. The number of benzene rings is 1. The zero-order valence-electron chi connectivity index (χ0n) is 17.3. The smallest absolute Gasteiger partial charge is 0.270 e. The van der Waals surface area contributed by atoms with Gasteiger partial charge in [-0.1, -0.05) is 12.1 Å². The molecule has 32 heavy (non-hydrogen) atoms. The third-order valence-corrected chi connectivity index (χ3v) is 8.94. The van der Waals surface area contributed by atoms with Gasteiger partial charge in [-0.05, 0) is 79.7 Å². The third kappa shape index (κ3) is 3.57. The van der Waals surface area contributed by atoms with Gasteiger partial charge in [-0.3, -0.25) is 14.9 Å². The van der Waals surface area contributed by atoms with E-state index in [1.54, 1.807) is 18.2 Å². The Kier molecular flexibility index (Phi) is 4.73. The van der Waals surface area contributed by atoms with E-state index < -0.39 is 4.92 Å². The first kappa shape index (κ1) is 20.1. The maximum atomic E-state index is 12.4. The predicted molar refractivity (Wildman–Crippen MR) is 126 cm³/mol. The number of hydrogen-bond donors (Lipinski definition) is 1. The lowest BCUT2D eigenvalue weighted by atomic mass is 9.49. The number of nitrogens with zero attached hydrogens (tertiary/aromatic N) is 3. The second kappa shape index (κ2) is 7.52. The van der Waals surface area contributed by atoms with Crippen molar-refractivity contribution >= 4 is 51.1 Å². The molecule has 0 radical (unpaired) electrons. The summed E-state index contributed by atoms with van der Waals surface area (Å²) in [6, 6.07) is 6.23. The van der Waals surface area contributed by atoms with E-state index >= 15 is 0 Å². The molecule has 0 unspecified atom stereocenters. The van der Waals surface area contributed by atoms with Crippen molar-refractivity contribution in [2.24, 2.45) is 22.7 Å². The van der Waals surface area contributed by atoms with E-state index in [4.69, 9.17) is 4.98 Å². The van der Waals surface area contributed by atoms with Crippen LogP contribution in [0.15, 0.2) is 39.5 Å². The molecule has 7 rings (SSSR count). The first-order chi connectivity index (χ1) is 15.5. The Hall–Kier alpha value is -2.52. The number of nitro benzene ring substituents is 1. The Morgan fingerprint density at radius 3 is 2.59 bits per heavy atom. The Morgan fingerprint density at radius 2 is 1.91 bits per heavy atom. The van der Waals surface area contributed by atoms with Crippen molar-refractivity contribution in [1.29, 1.82) is 0 Å². The summed E-state index contributed by atoms with van der Waals surface area (Å²) in [7, 11) is 0. The van der Waals surface area contributed by atoms with Gasteiger partial charge < -0.3 is 5.32 Å². The molecule has 2 heterocycles. The van der Waals surface area contributed by atoms with Crippen LogP contribution in [0, 0.1) is 27.9 Å². The zero-order chi connectivity index (χ0) is 21.9. The molecular weight excluding hydrogens is 444 g/mol. The van der Waals surface area contributed by atoms with Crippen LogP contribution >= 0.6 is 23.1 Å². The molecule has 1 amide bonds. The van der Waals surface area contributed by atoms with E-state index in [0.29, 0.717) is 20.8 Å². The van der Waals surface area contributed by atoms with Crippen LogP contribution in [-0.2, 0) is 10.2 Å². The number of carbonyl (C=O) groups is 1. The number of aromatic nitrogens is 1. The summed E-state index contributed by atoms with van der Waals surface area (Å²) < 4.78 is 0. The van der Waals surface area contributed by atoms with Gasteiger partial charge in [0.05, 0.1) is 15.5 Å². The lowest BCUT2D eigenvalue weighted by Gasteiger charge is -2.56. The lowest BCUT2D eigenvalue weighted by Crippen LogP contribution is -2.48. The summed E-state index contributed by atoms with van der Waals surface area (Å²) >= 11 is 2.78. The number of aliphatic imine (C=N–C) groups is 1. The van der Waals surface area contributed by atoms with Crippen molar-refractivity contribution in [2.75, 3.05) is 0 Å². The molecule has 0 atom stereocenters. The number of thiazole rings is 1. The predicted octanol–water partition coefficient (Wildman–Crippen LogP) is 5.41. The Morgan fingerprint density at radius 1 is 1.19 bits per heavy atom. The van der Waals surface area contributed by atoms with Crippen LogP contribution in [0.3, 0.4) is 0 Å². The quantitative estimate of drug-likeness (QED) is 0.369. The van der Waals surface area contributed by atoms with Crippen LogP contribution in [0.5, 0.6) is 0 Å². The van der Waals surface area contributed by atoms with Crippen molar-refractivity contribution in [3.63, 3.8) is 0 Å². The van der Waals surface area contributed by atoms with Gasteiger partial charge in [-0.2, -0.15) is 4.99 Å². The number of hydrogen-bond acceptors (Lipinski definition) is 7. The van der Waals surface area contributed by atoms with Crippen molar-refractivity contribution in [3.05, 3.63) is 55.9 Å². The van der Waals surface area contributed by atoms with Gasteiger partial charge in [0.2, 0.25) is 5.13 Å². The van der Waals surface area contributed by atoms with E-state index in [1.165, 1.54) is 79.5 Å². The van der Waals surface area contributed by atoms with E-state index in [2.05, 4.69) is 15.7 Å². The highest BCUT2D eigenvalue weighted by Crippen LogP contribution is 2.60.